The van der Waals surface area contributed by atoms with Crippen LogP contribution < -0.4 is 5.48 Å². The average Bonchev–Trinajstić information content (AvgIpc) is 2.53. The lowest BCUT2D eigenvalue weighted by molar-refractivity contribution is -0.204. The highest BCUT2D eigenvalue weighted by atomic mass is 35.5. The number of nitrogens with one attached hydrogen (secondary N) is 1. The molecular weight excluding hydrogens is 302 g/mol. The standard InChI is InChI=1S/C17H24ClNO3/c1-17(2,11-10-13-7-3-4-8-14(13)18)16(20)19-22-15-9-5-6-12-21-15/h3-4,7-8,15H,5-6,9-12H2,1-2H3,(H,19,20). The Kier molecular flexibility index (Phi) is 6.24. The van der Waals surface area contributed by atoms with Crippen LogP contribution in [-0.2, 0) is 20.8 Å². The zero-order chi connectivity index (χ0) is 16.0. The smallest absolute Gasteiger partial charge is 0.249 e. The van der Waals surface area contributed by atoms with Crippen LogP contribution in [0.2, 0.25) is 5.02 Å². The Hall–Kier alpha value is -1.10. The zero-order valence-electron chi connectivity index (χ0n) is 13.2. The van der Waals surface area contributed by atoms with Crippen LogP contribution in [0.5, 0.6) is 0 Å². The summed E-state index contributed by atoms with van der Waals surface area (Å²) in [7, 11) is 0. The molecule has 0 aromatic heterocycles. The van der Waals surface area contributed by atoms with Gasteiger partial charge in [-0.1, -0.05) is 43.6 Å². The summed E-state index contributed by atoms with van der Waals surface area (Å²) in [5, 5.41) is 0.741. The van der Waals surface area contributed by atoms with Gasteiger partial charge in [0.05, 0.1) is 0 Å². The number of hydrogen-bond acceptors (Lipinski definition) is 3. The largest absolute Gasteiger partial charge is 0.350 e. The van der Waals surface area contributed by atoms with Gasteiger partial charge in [-0.05, 0) is 37.3 Å². The molecule has 0 bridgehead atoms. The molecule has 1 saturated heterocycles. The fraction of sp³-hybridized carbons (Fsp3) is 0.588. The summed E-state index contributed by atoms with van der Waals surface area (Å²) in [5.74, 6) is -0.131. The highest BCUT2D eigenvalue weighted by Gasteiger charge is 2.29. The molecule has 1 atom stereocenters. The Morgan fingerprint density at radius 2 is 2.18 bits per heavy atom. The van der Waals surface area contributed by atoms with Gasteiger partial charge in [0.2, 0.25) is 5.91 Å². The van der Waals surface area contributed by atoms with E-state index in [4.69, 9.17) is 21.2 Å². The molecule has 0 spiro atoms. The van der Waals surface area contributed by atoms with E-state index in [1.807, 2.05) is 38.1 Å². The molecule has 0 radical (unpaired) electrons. The first-order valence-electron chi connectivity index (χ1n) is 7.80. The third-order valence-corrected chi connectivity index (χ3v) is 4.38. The van der Waals surface area contributed by atoms with E-state index in [2.05, 4.69) is 5.48 Å². The van der Waals surface area contributed by atoms with Crippen LogP contribution in [0.25, 0.3) is 0 Å². The van der Waals surface area contributed by atoms with Crippen molar-refractivity contribution < 1.29 is 14.4 Å². The first-order chi connectivity index (χ1) is 10.5. The molecule has 5 heteroatoms. The lowest BCUT2D eigenvalue weighted by Gasteiger charge is -2.27. The van der Waals surface area contributed by atoms with Crippen LogP contribution in [0, 0.1) is 5.41 Å². The van der Waals surface area contributed by atoms with Crippen LogP contribution in [0.1, 0.15) is 45.1 Å². The Balaban J connectivity index is 1.80. The maximum absolute atomic E-state index is 12.3. The van der Waals surface area contributed by atoms with E-state index in [0.717, 1.165) is 36.3 Å². The summed E-state index contributed by atoms with van der Waals surface area (Å²) in [6.45, 7) is 4.50. The Bertz CT molecular complexity index is 498. The molecule has 1 fully saturated rings. The molecule has 1 N–H and O–H groups in total. The number of benzene rings is 1. The molecule has 0 aliphatic carbocycles. The Morgan fingerprint density at radius 3 is 2.86 bits per heavy atom. The molecule has 122 valence electrons. The number of rotatable bonds is 6. The van der Waals surface area contributed by atoms with Gasteiger partial charge < -0.3 is 4.74 Å². The molecule has 1 amide bonds. The molecule has 1 aliphatic heterocycles. The van der Waals surface area contributed by atoms with Gasteiger partial charge in [0, 0.05) is 23.5 Å². The topological polar surface area (TPSA) is 47.6 Å². The molecule has 1 aromatic rings. The summed E-state index contributed by atoms with van der Waals surface area (Å²) < 4.78 is 5.43. The number of amides is 1. The molecule has 0 saturated carbocycles. The van der Waals surface area contributed by atoms with Crippen LogP contribution in [-0.4, -0.2) is 18.8 Å². The summed E-state index contributed by atoms with van der Waals surface area (Å²) in [6.07, 6.45) is 4.06. The van der Waals surface area contributed by atoms with E-state index in [-0.39, 0.29) is 12.2 Å². The summed E-state index contributed by atoms with van der Waals surface area (Å²) >= 11 is 6.15. The van der Waals surface area contributed by atoms with Crippen LogP contribution >= 0.6 is 11.6 Å². The summed E-state index contributed by atoms with van der Waals surface area (Å²) in [4.78, 5) is 17.6. The van der Waals surface area contributed by atoms with E-state index in [1.54, 1.807) is 0 Å². The van der Waals surface area contributed by atoms with E-state index < -0.39 is 5.41 Å². The van der Waals surface area contributed by atoms with Gasteiger partial charge in [0.1, 0.15) is 0 Å². The Labute approximate surface area is 137 Å². The van der Waals surface area contributed by atoms with Crippen molar-refractivity contribution in [2.24, 2.45) is 5.41 Å². The third-order valence-electron chi connectivity index (χ3n) is 4.01. The second kappa shape index (κ2) is 7.95. The van der Waals surface area contributed by atoms with Crippen molar-refractivity contribution in [3.63, 3.8) is 0 Å². The second-order valence-electron chi connectivity index (χ2n) is 6.32. The average molecular weight is 326 g/mol. The molecule has 1 aromatic carbocycles. The third kappa shape index (κ3) is 4.97. The minimum absolute atomic E-state index is 0.131. The maximum Gasteiger partial charge on any atom is 0.249 e. The van der Waals surface area contributed by atoms with Crippen molar-refractivity contribution in [2.45, 2.75) is 52.2 Å². The summed E-state index contributed by atoms with van der Waals surface area (Å²) in [6, 6.07) is 7.72. The van der Waals surface area contributed by atoms with Gasteiger partial charge in [-0.15, -0.1) is 0 Å². The molecule has 2 rings (SSSR count). The second-order valence-corrected chi connectivity index (χ2v) is 6.73. The van der Waals surface area contributed by atoms with Gasteiger partial charge in [0.25, 0.3) is 0 Å². The first kappa shape index (κ1) is 17.3. The highest BCUT2D eigenvalue weighted by Crippen LogP contribution is 2.26. The molecular formula is C17H24ClNO3. The van der Waals surface area contributed by atoms with E-state index in [1.165, 1.54) is 0 Å². The van der Waals surface area contributed by atoms with E-state index >= 15 is 0 Å². The fourth-order valence-electron chi connectivity index (χ4n) is 2.32. The molecule has 22 heavy (non-hydrogen) atoms. The van der Waals surface area contributed by atoms with Crippen molar-refractivity contribution >= 4 is 17.5 Å². The number of ether oxygens (including phenoxy) is 1. The predicted molar refractivity (Wildman–Crippen MR) is 86.4 cm³/mol. The van der Waals surface area contributed by atoms with Gasteiger partial charge in [-0.3, -0.25) is 4.79 Å². The highest BCUT2D eigenvalue weighted by molar-refractivity contribution is 6.31. The minimum Gasteiger partial charge on any atom is -0.350 e. The first-order valence-corrected chi connectivity index (χ1v) is 8.18. The molecule has 1 aliphatic rings. The predicted octanol–water partition coefficient (Wildman–Crippen LogP) is 3.87. The van der Waals surface area contributed by atoms with Gasteiger partial charge >= 0.3 is 0 Å². The van der Waals surface area contributed by atoms with Gasteiger partial charge in [-0.25, -0.2) is 10.3 Å². The van der Waals surface area contributed by atoms with Crippen molar-refractivity contribution in [3.05, 3.63) is 34.9 Å². The maximum atomic E-state index is 12.3. The van der Waals surface area contributed by atoms with E-state index in [9.17, 15) is 4.79 Å². The molecule has 1 unspecified atom stereocenters. The molecule has 1 heterocycles. The Morgan fingerprint density at radius 1 is 1.41 bits per heavy atom. The quantitative estimate of drug-likeness (QED) is 0.808. The number of hydroxylamine groups is 1. The zero-order valence-corrected chi connectivity index (χ0v) is 14.0. The van der Waals surface area contributed by atoms with Crippen LogP contribution in [0.3, 0.4) is 0 Å². The van der Waals surface area contributed by atoms with Gasteiger partial charge in [0.15, 0.2) is 6.29 Å². The fourth-order valence-corrected chi connectivity index (χ4v) is 2.55. The minimum atomic E-state index is -0.534. The van der Waals surface area contributed by atoms with Crippen molar-refractivity contribution in [3.8, 4) is 0 Å². The SMILES string of the molecule is CC(C)(CCc1ccccc1Cl)C(=O)NOC1CCCCO1. The normalized spacial score (nSPS) is 19.0. The number of hydrogen-bond donors (Lipinski definition) is 1. The van der Waals surface area contributed by atoms with Crippen molar-refractivity contribution in [2.75, 3.05) is 6.61 Å². The van der Waals surface area contributed by atoms with Crippen LogP contribution in [0.4, 0.5) is 0 Å². The number of carbonyl (C=O) groups is 1. The molecule has 4 nitrogen and oxygen atoms in total. The van der Waals surface area contributed by atoms with E-state index in [0.29, 0.717) is 13.0 Å². The number of halogens is 1. The lowest BCUT2D eigenvalue weighted by Crippen LogP contribution is -2.40. The lowest BCUT2D eigenvalue weighted by atomic mass is 9.85. The van der Waals surface area contributed by atoms with Crippen molar-refractivity contribution in [1.82, 2.24) is 5.48 Å². The summed E-state index contributed by atoms with van der Waals surface area (Å²) in [5.41, 5.74) is 3.07. The van der Waals surface area contributed by atoms with Gasteiger partial charge in [-0.2, -0.15) is 0 Å². The monoisotopic (exact) mass is 325 g/mol. The number of carbonyl (C=O) groups excluding carboxylic acids is 1. The van der Waals surface area contributed by atoms with Crippen LogP contribution in [0.15, 0.2) is 24.3 Å². The van der Waals surface area contributed by atoms with Crippen molar-refractivity contribution in [1.29, 1.82) is 0 Å². The number of aryl methyl sites for hydroxylation is 1.